The van der Waals surface area contributed by atoms with Crippen LogP contribution in [0.5, 0.6) is 0 Å². The predicted octanol–water partition coefficient (Wildman–Crippen LogP) is 1.04. The second kappa shape index (κ2) is 4.13. The molecule has 0 amide bonds. The molecule has 1 aliphatic heterocycles. The molecule has 3 heteroatoms. The van der Waals surface area contributed by atoms with Gasteiger partial charge in [-0.3, -0.25) is 4.99 Å². The number of aliphatic imine (C=N–C) groups is 1. The first-order valence-corrected chi connectivity index (χ1v) is 4.92. The van der Waals surface area contributed by atoms with E-state index >= 15 is 0 Å². The van der Waals surface area contributed by atoms with E-state index < -0.39 is 0 Å². The van der Waals surface area contributed by atoms with E-state index in [4.69, 9.17) is 0 Å². The zero-order valence-corrected chi connectivity index (χ0v) is 8.38. The number of benzene rings is 1. The van der Waals surface area contributed by atoms with E-state index in [2.05, 4.69) is 46.8 Å². The molecule has 1 heterocycles. The Morgan fingerprint density at radius 2 is 2.43 bits per heavy atom. The quantitative estimate of drug-likeness (QED) is 0.729. The Hall–Kier alpha value is -1.51. The number of hydrogen-bond donors (Lipinski definition) is 2. The molecule has 0 aromatic heterocycles. The number of aryl methyl sites for hydroxylation is 1. The van der Waals surface area contributed by atoms with Crippen molar-refractivity contribution in [2.45, 2.75) is 13.5 Å². The molecule has 74 valence electrons. The molecule has 0 spiro atoms. The fourth-order valence-electron chi connectivity index (χ4n) is 1.52. The molecule has 0 saturated carbocycles. The van der Waals surface area contributed by atoms with Gasteiger partial charge in [0.25, 0.3) is 0 Å². The van der Waals surface area contributed by atoms with Crippen LogP contribution in [0, 0.1) is 6.92 Å². The topological polar surface area (TPSA) is 36.4 Å². The Morgan fingerprint density at radius 3 is 3.14 bits per heavy atom. The number of nitrogens with zero attached hydrogens (tertiary/aromatic N) is 1. The molecule has 0 saturated heterocycles. The van der Waals surface area contributed by atoms with Crippen LogP contribution in [0.1, 0.15) is 11.1 Å². The minimum atomic E-state index is 0.841. The highest BCUT2D eigenvalue weighted by Crippen LogP contribution is 2.03. The van der Waals surface area contributed by atoms with Gasteiger partial charge in [0, 0.05) is 13.1 Å². The third kappa shape index (κ3) is 2.25. The van der Waals surface area contributed by atoms with Crippen LogP contribution < -0.4 is 10.6 Å². The number of guanidine groups is 1. The molecular weight excluding hydrogens is 174 g/mol. The third-order valence-electron chi connectivity index (χ3n) is 2.22. The molecule has 1 aromatic rings. The van der Waals surface area contributed by atoms with Crippen molar-refractivity contribution >= 4 is 5.96 Å². The molecule has 0 fully saturated rings. The lowest BCUT2D eigenvalue weighted by atomic mass is 10.1. The van der Waals surface area contributed by atoms with Crippen LogP contribution in [-0.2, 0) is 6.54 Å². The summed E-state index contributed by atoms with van der Waals surface area (Å²) in [5.74, 6) is 0.923. The van der Waals surface area contributed by atoms with E-state index in [0.29, 0.717) is 0 Å². The van der Waals surface area contributed by atoms with Crippen molar-refractivity contribution in [3.8, 4) is 0 Å². The molecule has 2 rings (SSSR count). The van der Waals surface area contributed by atoms with Crippen molar-refractivity contribution in [3.05, 3.63) is 35.4 Å². The standard InChI is InChI=1S/C11H15N3/c1-9-3-2-4-10(7-9)8-14-11-12-5-6-13-11/h2-4,7H,5-6,8H2,1H3,(H2,12,13,14). The average molecular weight is 189 g/mol. The minimum Gasteiger partial charge on any atom is -0.355 e. The fraction of sp³-hybridized carbons (Fsp3) is 0.364. The lowest BCUT2D eigenvalue weighted by molar-refractivity contribution is 0.866. The molecule has 1 aromatic carbocycles. The maximum Gasteiger partial charge on any atom is 0.191 e. The van der Waals surface area contributed by atoms with E-state index in [9.17, 15) is 0 Å². The molecule has 14 heavy (non-hydrogen) atoms. The van der Waals surface area contributed by atoms with E-state index in [1.165, 1.54) is 11.1 Å². The van der Waals surface area contributed by atoms with Gasteiger partial charge in [0.2, 0.25) is 0 Å². The zero-order chi connectivity index (χ0) is 9.80. The van der Waals surface area contributed by atoms with Crippen molar-refractivity contribution in [3.63, 3.8) is 0 Å². The van der Waals surface area contributed by atoms with Gasteiger partial charge in [0.1, 0.15) is 0 Å². The first-order valence-electron chi connectivity index (χ1n) is 4.92. The SMILES string of the molecule is Cc1cccc(CNC2=NCCN2)c1. The molecule has 0 atom stereocenters. The first kappa shape index (κ1) is 9.06. The van der Waals surface area contributed by atoms with Crippen LogP contribution in [0.25, 0.3) is 0 Å². The van der Waals surface area contributed by atoms with Crippen LogP contribution in [0.3, 0.4) is 0 Å². The summed E-state index contributed by atoms with van der Waals surface area (Å²) in [6.45, 7) is 4.79. The highest BCUT2D eigenvalue weighted by Gasteiger charge is 2.03. The molecule has 0 unspecified atom stereocenters. The summed E-state index contributed by atoms with van der Waals surface area (Å²) in [6.07, 6.45) is 0. The summed E-state index contributed by atoms with van der Waals surface area (Å²) < 4.78 is 0. The predicted molar refractivity (Wildman–Crippen MR) is 58.3 cm³/mol. The van der Waals surface area contributed by atoms with Crippen molar-refractivity contribution in [2.24, 2.45) is 4.99 Å². The van der Waals surface area contributed by atoms with Crippen molar-refractivity contribution in [1.29, 1.82) is 0 Å². The third-order valence-corrected chi connectivity index (χ3v) is 2.22. The molecule has 2 N–H and O–H groups in total. The Labute approximate surface area is 84.2 Å². The van der Waals surface area contributed by atoms with Gasteiger partial charge in [-0.15, -0.1) is 0 Å². The number of nitrogens with one attached hydrogen (secondary N) is 2. The van der Waals surface area contributed by atoms with E-state index in [0.717, 1.165) is 25.6 Å². The molecule has 0 aliphatic carbocycles. The summed E-state index contributed by atoms with van der Waals surface area (Å²) in [4.78, 5) is 4.27. The van der Waals surface area contributed by atoms with Gasteiger partial charge in [-0.1, -0.05) is 29.8 Å². The summed E-state index contributed by atoms with van der Waals surface area (Å²) >= 11 is 0. The normalized spacial score (nSPS) is 14.8. The van der Waals surface area contributed by atoms with Gasteiger partial charge in [-0.25, -0.2) is 0 Å². The summed E-state index contributed by atoms with van der Waals surface area (Å²) in [7, 11) is 0. The Bertz CT molecular complexity index is 344. The zero-order valence-electron chi connectivity index (χ0n) is 8.38. The molecule has 1 aliphatic rings. The van der Waals surface area contributed by atoms with Gasteiger partial charge in [-0.05, 0) is 12.5 Å². The molecule has 0 radical (unpaired) electrons. The van der Waals surface area contributed by atoms with E-state index in [1.54, 1.807) is 0 Å². The highest BCUT2D eigenvalue weighted by molar-refractivity contribution is 5.81. The second-order valence-electron chi connectivity index (χ2n) is 3.50. The van der Waals surface area contributed by atoms with Gasteiger partial charge in [-0.2, -0.15) is 0 Å². The lowest BCUT2D eigenvalue weighted by Crippen LogP contribution is -2.33. The van der Waals surface area contributed by atoms with Gasteiger partial charge >= 0.3 is 0 Å². The van der Waals surface area contributed by atoms with Crippen molar-refractivity contribution in [1.82, 2.24) is 10.6 Å². The van der Waals surface area contributed by atoms with Crippen LogP contribution in [0.15, 0.2) is 29.3 Å². The van der Waals surface area contributed by atoms with Gasteiger partial charge in [0.05, 0.1) is 6.54 Å². The first-order chi connectivity index (χ1) is 6.84. The average Bonchev–Trinajstić information content (AvgIpc) is 2.67. The summed E-state index contributed by atoms with van der Waals surface area (Å²) in [5, 5.41) is 6.44. The highest BCUT2D eigenvalue weighted by atomic mass is 15.2. The van der Waals surface area contributed by atoms with Crippen molar-refractivity contribution < 1.29 is 0 Å². The maximum absolute atomic E-state index is 4.27. The van der Waals surface area contributed by atoms with Crippen LogP contribution in [0.2, 0.25) is 0 Å². The largest absolute Gasteiger partial charge is 0.355 e. The summed E-state index contributed by atoms with van der Waals surface area (Å²) in [6, 6.07) is 8.49. The monoisotopic (exact) mass is 189 g/mol. The lowest BCUT2D eigenvalue weighted by Gasteiger charge is -2.06. The Balaban J connectivity index is 1.91. The summed E-state index contributed by atoms with van der Waals surface area (Å²) in [5.41, 5.74) is 2.59. The number of hydrogen-bond acceptors (Lipinski definition) is 3. The van der Waals surface area contributed by atoms with Crippen LogP contribution >= 0.6 is 0 Å². The Morgan fingerprint density at radius 1 is 1.50 bits per heavy atom. The molecule has 0 bridgehead atoms. The van der Waals surface area contributed by atoms with Gasteiger partial charge < -0.3 is 10.6 Å². The van der Waals surface area contributed by atoms with E-state index in [-0.39, 0.29) is 0 Å². The molecular formula is C11H15N3. The van der Waals surface area contributed by atoms with Gasteiger partial charge in [0.15, 0.2) is 5.96 Å². The van der Waals surface area contributed by atoms with Crippen LogP contribution in [-0.4, -0.2) is 19.0 Å². The Kier molecular flexibility index (Phi) is 2.68. The smallest absolute Gasteiger partial charge is 0.191 e. The maximum atomic E-state index is 4.27. The van der Waals surface area contributed by atoms with Crippen molar-refractivity contribution in [2.75, 3.05) is 13.1 Å². The van der Waals surface area contributed by atoms with E-state index in [1.807, 2.05) is 0 Å². The van der Waals surface area contributed by atoms with Crippen LogP contribution in [0.4, 0.5) is 0 Å². The molecule has 3 nitrogen and oxygen atoms in total. The number of rotatable bonds is 2. The second-order valence-corrected chi connectivity index (χ2v) is 3.50. The minimum absolute atomic E-state index is 0.841. The fourth-order valence-corrected chi connectivity index (χ4v) is 1.52.